The predicted molar refractivity (Wildman–Crippen MR) is 47.3 cm³/mol. The number of rotatable bonds is 5. The molecule has 0 saturated heterocycles. The molecule has 11 heavy (non-hydrogen) atoms. The third-order valence-corrected chi connectivity index (χ3v) is 2.01. The molecule has 0 amide bonds. The number of carbonyl (C=O) groups is 1. The molecule has 0 saturated carbocycles. The summed E-state index contributed by atoms with van der Waals surface area (Å²) in [5, 5.41) is 0. The molecule has 0 aromatic rings. The van der Waals surface area contributed by atoms with Crippen LogP contribution in [0, 0.1) is 5.92 Å². The summed E-state index contributed by atoms with van der Waals surface area (Å²) in [6.07, 6.45) is 2.78. The van der Waals surface area contributed by atoms with Crippen LogP contribution in [0.3, 0.4) is 0 Å². The van der Waals surface area contributed by atoms with E-state index in [1.807, 2.05) is 13.8 Å². The first kappa shape index (κ1) is 10.6. The van der Waals surface area contributed by atoms with Crippen LogP contribution in [-0.2, 0) is 4.79 Å². The fourth-order valence-electron chi connectivity index (χ4n) is 1.14. The van der Waals surface area contributed by atoms with Gasteiger partial charge in [-0.05, 0) is 12.8 Å². The minimum Gasteiger partial charge on any atom is -0.322 e. The van der Waals surface area contributed by atoms with Crippen molar-refractivity contribution in [3.63, 3.8) is 0 Å². The molecule has 0 aliphatic carbocycles. The molecule has 0 aliphatic rings. The Bertz CT molecular complexity index is 123. The third kappa shape index (κ3) is 3.51. The molecule has 0 aliphatic heterocycles. The molecule has 2 nitrogen and oxygen atoms in total. The Hall–Kier alpha value is -0.370. The molecule has 0 spiro atoms. The van der Waals surface area contributed by atoms with Crippen molar-refractivity contribution in [3.05, 3.63) is 0 Å². The molecule has 2 heteroatoms. The number of hydrogen-bond donors (Lipinski definition) is 1. The molecule has 0 radical (unpaired) electrons. The summed E-state index contributed by atoms with van der Waals surface area (Å²) < 4.78 is 0. The van der Waals surface area contributed by atoms with Crippen LogP contribution >= 0.6 is 0 Å². The van der Waals surface area contributed by atoms with Crippen LogP contribution in [0.5, 0.6) is 0 Å². The van der Waals surface area contributed by atoms with Crippen LogP contribution in [0.25, 0.3) is 0 Å². The Labute approximate surface area is 69.2 Å². The SMILES string of the molecule is CCCC(C)C(=O)C(N)CC. The maximum Gasteiger partial charge on any atom is 0.152 e. The minimum absolute atomic E-state index is 0.148. The zero-order valence-electron chi connectivity index (χ0n) is 7.76. The van der Waals surface area contributed by atoms with Gasteiger partial charge in [0.2, 0.25) is 0 Å². The van der Waals surface area contributed by atoms with E-state index in [4.69, 9.17) is 5.73 Å². The highest BCUT2D eigenvalue weighted by Crippen LogP contribution is 2.08. The molecule has 0 heterocycles. The third-order valence-electron chi connectivity index (χ3n) is 2.01. The Morgan fingerprint density at radius 2 is 2.00 bits per heavy atom. The van der Waals surface area contributed by atoms with Gasteiger partial charge in [-0.1, -0.05) is 27.2 Å². The van der Waals surface area contributed by atoms with Crippen molar-refractivity contribution >= 4 is 5.78 Å². The summed E-state index contributed by atoms with van der Waals surface area (Å²) in [4.78, 5) is 11.3. The minimum atomic E-state index is -0.239. The Balaban J connectivity index is 3.81. The first-order chi connectivity index (χ1) is 5.13. The number of carbonyl (C=O) groups excluding carboxylic acids is 1. The van der Waals surface area contributed by atoms with E-state index in [1.54, 1.807) is 0 Å². The zero-order valence-corrected chi connectivity index (χ0v) is 7.76. The topological polar surface area (TPSA) is 43.1 Å². The molecular formula is C9H19NO. The largest absolute Gasteiger partial charge is 0.322 e. The van der Waals surface area contributed by atoms with E-state index in [9.17, 15) is 4.79 Å². The first-order valence-electron chi connectivity index (χ1n) is 4.42. The summed E-state index contributed by atoms with van der Waals surface area (Å²) in [5.41, 5.74) is 5.60. The quantitative estimate of drug-likeness (QED) is 0.660. The van der Waals surface area contributed by atoms with Gasteiger partial charge < -0.3 is 5.73 Å². The normalized spacial score (nSPS) is 16.0. The van der Waals surface area contributed by atoms with E-state index in [0.717, 1.165) is 19.3 Å². The Kier molecular flexibility index (Phi) is 5.12. The van der Waals surface area contributed by atoms with E-state index in [2.05, 4.69) is 6.92 Å². The summed E-state index contributed by atoms with van der Waals surface area (Å²) >= 11 is 0. The summed E-state index contributed by atoms with van der Waals surface area (Å²) in [6, 6.07) is -0.239. The van der Waals surface area contributed by atoms with Crippen LogP contribution < -0.4 is 5.73 Å². The van der Waals surface area contributed by atoms with Gasteiger partial charge in [0.1, 0.15) is 0 Å². The van der Waals surface area contributed by atoms with Crippen molar-refractivity contribution in [1.29, 1.82) is 0 Å². The second-order valence-electron chi connectivity index (χ2n) is 3.11. The molecule has 66 valence electrons. The molecule has 2 N–H and O–H groups in total. The van der Waals surface area contributed by atoms with Gasteiger partial charge in [-0.25, -0.2) is 0 Å². The molecule has 0 aromatic heterocycles. The van der Waals surface area contributed by atoms with Crippen molar-refractivity contribution in [2.75, 3.05) is 0 Å². The average Bonchev–Trinajstić information content (AvgIpc) is 2.02. The molecule has 2 atom stereocenters. The Morgan fingerprint density at radius 3 is 2.36 bits per heavy atom. The van der Waals surface area contributed by atoms with Crippen molar-refractivity contribution < 1.29 is 4.79 Å². The van der Waals surface area contributed by atoms with E-state index in [1.165, 1.54) is 0 Å². The number of Topliss-reactive ketones (excluding diaryl/α,β-unsaturated/α-hetero) is 1. The van der Waals surface area contributed by atoms with Crippen molar-refractivity contribution in [2.45, 2.75) is 46.1 Å². The second-order valence-corrected chi connectivity index (χ2v) is 3.11. The summed E-state index contributed by atoms with van der Waals surface area (Å²) in [6.45, 7) is 5.99. The first-order valence-corrected chi connectivity index (χ1v) is 4.42. The fourth-order valence-corrected chi connectivity index (χ4v) is 1.14. The molecule has 2 unspecified atom stereocenters. The molecule has 0 bridgehead atoms. The standard InChI is InChI=1S/C9H19NO/c1-4-6-7(3)9(11)8(10)5-2/h7-8H,4-6,10H2,1-3H3. The smallest absolute Gasteiger partial charge is 0.152 e. The predicted octanol–water partition coefficient (Wildman–Crippen LogP) is 1.73. The van der Waals surface area contributed by atoms with Crippen LogP contribution in [0.2, 0.25) is 0 Å². The van der Waals surface area contributed by atoms with Crippen LogP contribution in [0.4, 0.5) is 0 Å². The van der Waals surface area contributed by atoms with Crippen molar-refractivity contribution in [2.24, 2.45) is 11.7 Å². The average molecular weight is 157 g/mol. The van der Waals surface area contributed by atoms with E-state index < -0.39 is 0 Å². The lowest BCUT2D eigenvalue weighted by Gasteiger charge is -2.13. The van der Waals surface area contributed by atoms with Gasteiger partial charge in [-0.2, -0.15) is 0 Å². The van der Waals surface area contributed by atoms with Gasteiger partial charge in [0.15, 0.2) is 5.78 Å². The van der Waals surface area contributed by atoms with Gasteiger partial charge in [0, 0.05) is 5.92 Å². The summed E-state index contributed by atoms with van der Waals surface area (Å²) in [5.74, 6) is 0.365. The van der Waals surface area contributed by atoms with E-state index >= 15 is 0 Å². The number of hydrogen-bond acceptors (Lipinski definition) is 2. The highest BCUT2D eigenvalue weighted by Gasteiger charge is 2.17. The molecule has 0 aromatic carbocycles. The molecular weight excluding hydrogens is 138 g/mol. The van der Waals surface area contributed by atoms with Crippen molar-refractivity contribution in [1.82, 2.24) is 0 Å². The van der Waals surface area contributed by atoms with Gasteiger partial charge >= 0.3 is 0 Å². The van der Waals surface area contributed by atoms with Crippen molar-refractivity contribution in [3.8, 4) is 0 Å². The molecule has 0 fully saturated rings. The van der Waals surface area contributed by atoms with Crippen LogP contribution in [0.15, 0.2) is 0 Å². The fraction of sp³-hybridized carbons (Fsp3) is 0.889. The monoisotopic (exact) mass is 157 g/mol. The number of ketones is 1. The van der Waals surface area contributed by atoms with E-state index in [-0.39, 0.29) is 17.7 Å². The lowest BCUT2D eigenvalue weighted by molar-refractivity contribution is -0.123. The lowest BCUT2D eigenvalue weighted by atomic mass is 9.95. The van der Waals surface area contributed by atoms with Crippen LogP contribution in [-0.4, -0.2) is 11.8 Å². The van der Waals surface area contributed by atoms with Gasteiger partial charge in [0.05, 0.1) is 6.04 Å². The van der Waals surface area contributed by atoms with E-state index in [0.29, 0.717) is 0 Å². The van der Waals surface area contributed by atoms with Gasteiger partial charge in [0.25, 0.3) is 0 Å². The highest BCUT2D eigenvalue weighted by molar-refractivity contribution is 5.85. The number of nitrogens with two attached hydrogens (primary N) is 1. The maximum atomic E-state index is 11.3. The highest BCUT2D eigenvalue weighted by atomic mass is 16.1. The lowest BCUT2D eigenvalue weighted by Crippen LogP contribution is -2.33. The zero-order chi connectivity index (χ0) is 8.85. The second kappa shape index (κ2) is 5.30. The Morgan fingerprint density at radius 1 is 1.45 bits per heavy atom. The van der Waals surface area contributed by atoms with Gasteiger partial charge in [-0.3, -0.25) is 4.79 Å². The van der Waals surface area contributed by atoms with Gasteiger partial charge in [-0.15, -0.1) is 0 Å². The van der Waals surface area contributed by atoms with Crippen LogP contribution in [0.1, 0.15) is 40.0 Å². The summed E-state index contributed by atoms with van der Waals surface area (Å²) in [7, 11) is 0. The maximum absolute atomic E-state index is 11.3. The molecule has 0 rings (SSSR count).